The van der Waals surface area contributed by atoms with Crippen LogP contribution in [0.2, 0.25) is 5.02 Å². The quantitative estimate of drug-likeness (QED) is 0.801. The minimum atomic E-state index is -0.0677. The molecule has 2 aromatic rings. The van der Waals surface area contributed by atoms with Gasteiger partial charge in [0.25, 0.3) is 0 Å². The van der Waals surface area contributed by atoms with Gasteiger partial charge in [-0.1, -0.05) is 61.0 Å². The van der Waals surface area contributed by atoms with Gasteiger partial charge in [0.1, 0.15) is 5.78 Å². The molecule has 0 aliphatic carbocycles. The van der Waals surface area contributed by atoms with Crippen molar-refractivity contribution < 1.29 is 4.79 Å². The van der Waals surface area contributed by atoms with E-state index in [-0.39, 0.29) is 11.7 Å². The molecule has 2 heteroatoms. The Kier molecular flexibility index (Phi) is 4.16. The molecule has 0 radical (unpaired) electrons. The Labute approximate surface area is 112 Å². The van der Waals surface area contributed by atoms with Crippen molar-refractivity contribution in [2.24, 2.45) is 0 Å². The highest BCUT2D eigenvalue weighted by Crippen LogP contribution is 2.18. The maximum atomic E-state index is 12.2. The second-order valence-corrected chi connectivity index (χ2v) is 4.84. The van der Waals surface area contributed by atoms with E-state index in [9.17, 15) is 4.79 Å². The van der Waals surface area contributed by atoms with Crippen LogP contribution in [0.4, 0.5) is 0 Å². The first-order valence-corrected chi connectivity index (χ1v) is 6.36. The monoisotopic (exact) mass is 258 g/mol. The number of benzene rings is 2. The molecular formula is C16H15ClO. The van der Waals surface area contributed by atoms with Crippen LogP contribution in [0.15, 0.2) is 54.6 Å². The Bertz CT molecular complexity index is 517. The van der Waals surface area contributed by atoms with Crippen molar-refractivity contribution in [3.05, 3.63) is 70.7 Å². The highest BCUT2D eigenvalue weighted by Gasteiger charge is 2.14. The van der Waals surface area contributed by atoms with Crippen molar-refractivity contribution in [1.82, 2.24) is 0 Å². The first kappa shape index (κ1) is 12.8. The first-order valence-electron chi connectivity index (χ1n) is 5.99. The minimum absolute atomic E-state index is 0.0677. The SMILES string of the molecule is CC(C(=O)Cc1ccc(Cl)cc1)c1ccccc1. The second-order valence-electron chi connectivity index (χ2n) is 4.40. The summed E-state index contributed by atoms with van der Waals surface area (Å²) in [6.07, 6.45) is 0.452. The van der Waals surface area contributed by atoms with E-state index in [1.807, 2.05) is 61.5 Å². The van der Waals surface area contributed by atoms with Crippen molar-refractivity contribution in [3.8, 4) is 0 Å². The summed E-state index contributed by atoms with van der Waals surface area (Å²) < 4.78 is 0. The van der Waals surface area contributed by atoms with Gasteiger partial charge in [-0.15, -0.1) is 0 Å². The molecule has 2 aromatic carbocycles. The predicted molar refractivity (Wildman–Crippen MR) is 75.0 cm³/mol. The molecule has 0 aromatic heterocycles. The smallest absolute Gasteiger partial charge is 0.144 e. The average Bonchev–Trinajstić information content (AvgIpc) is 2.41. The zero-order valence-electron chi connectivity index (χ0n) is 10.3. The van der Waals surface area contributed by atoms with Gasteiger partial charge in [0, 0.05) is 17.4 Å². The van der Waals surface area contributed by atoms with Crippen LogP contribution in [0.3, 0.4) is 0 Å². The topological polar surface area (TPSA) is 17.1 Å². The number of hydrogen-bond donors (Lipinski definition) is 0. The van der Waals surface area contributed by atoms with Gasteiger partial charge in [-0.2, -0.15) is 0 Å². The van der Waals surface area contributed by atoms with Crippen LogP contribution in [0, 0.1) is 0 Å². The summed E-state index contributed by atoms with van der Waals surface area (Å²) in [5.41, 5.74) is 2.07. The van der Waals surface area contributed by atoms with Crippen LogP contribution >= 0.6 is 11.6 Å². The maximum absolute atomic E-state index is 12.2. The molecule has 0 N–H and O–H groups in total. The summed E-state index contributed by atoms with van der Waals surface area (Å²) in [6.45, 7) is 1.95. The summed E-state index contributed by atoms with van der Waals surface area (Å²) >= 11 is 5.82. The molecule has 92 valence electrons. The Morgan fingerprint density at radius 1 is 1.06 bits per heavy atom. The van der Waals surface area contributed by atoms with E-state index in [4.69, 9.17) is 11.6 Å². The number of halogens is 1. The van der Waals surface area contributed by atoms with Crippen LogP contribution in [0.5, 0.6) is 0 Å². The highest BCUT2D eigenvalue weighted by molar-refractivity contribution is 6.30. The molecule has 0 heterocycles. The molecule has 0 saturated heterocycles. The summed E-state index contributed by atoms with van der Waals surface area (Å²) in [5.74, 6) is 0.158. The van der Waals surface area contributed by atoms with Gasteiger partial charge in [0.05, 0.1) is 0 Å². The average molecular weight is 259 g/mol. The predicted octanol–water partition coefficient (Wildman–Crippen LogP) is 4.26. The van der Waals surface area contributed by atoms with Gasteiger partial charge in [0.15, 0.2) is 0 Å². The number of carbonyl (C=O) groups excluding carboxylic acids is 1. The second kappa shape index (κ2) is 5.83. The first-order chi connectivity index (χ1) is 8.66. The number of carbonyl (C=O) groups is 1. The van der Waals surface area contributed by atoms with Crippen molar-refractivity contribution in [3.63, 3.8) is 0 Å². The van der Waals surface area contributed by atoms with E-state index in [2.05, 4.69) is 0 Å². The largest absolute Gasteiger partial charge is 0.299 e. The fraction of sp³-hybridized carbons (Fsp3) is 0.188. The van der Waals surface area contributed by atoms with Crippen molar-refractivity contribution in [2.75, 3.05) is 0 Å². The van der Waals surface area contributed by atoms with Crippen LogP contribution in [-0.4, -0.2) is 5.78 Å². The van der Waals surface area contributed by atoms with Crippen molar-refractivity contribution in [1.29, 1.82) is 0 Å². The fourth-order valence-electron chi connectivity index (χ4n) is 1.88. The molecule has 1 unspecified atom stereocenters. The summed E-state index contributed by atoms with van der Waals surface area (Å²) in [6, 6.07) is 17.3. The van der Waals surface area contributed by atoms with Gasteiger partial charge in [0.2, 0.25) is 0 Å². The van der Waals surface area contributed by atoms with E-state index in [1.54, 1.807) is 0 Å². The highest BCUT2D eigenvalue weighted by atomic mass is 35.5. The molecule has 18 heavy (non-hydrogen) atoms. The minimum Gasteiger partial charge on any atom is -0.299 e. The van der Waals surface area contributed by atoms with E-state index in [0.717, 1.165) is 11.1 Å². The van der Waals surface area contributed by atoms with Gasteiger partial charge >= 0.3 is 0 Å². The number of rotatable bonds is 4. The van der Waals surface area contributed by atoms with E-state index in [1.165, 1.54) is 0 Å². The maximum Gasteiger partial charge on any atom is 0.144 e. The number of hydrogen-bond acceptors (Lipinski definition) is 1. The Morgan fingerprint density at radius 3 is 2.28 bits per heavy atom. The van der Waals surface area contributed by atoms with Gasteiger partial charge in [-0.05, 0) is 23.3 Å². The lowest BCUT2D eigenvalue weighted by atomic mass is 9.93. The van der Waals surface area contributed by atoms with Gasteiger partial charge < -0.3 is 0 Å². The molecular weight excluding hydrogens is 244 g/mol. The molecule has 0 bridgehead atoms. The Balaban J connectivity index is 2.06. The summed E-state index contributed by atoms with van der Waals surface area (Å²) in [7, 11) is 0. The standard InChI is InChI=1S/C16H15ClO/c1-12(14-5-3-2-4-6-14)16(18)11-13-7-9-15(17)10-8-13/h2-10,12H,11H2,1H3. The molecule has 1 nitrogen and oxygen atoms in total. The van der Waals surface area contributed by atoms with E-state index < -0.39 is 0 Å². The summed E-state index contributed by atoms with van der Waals surface area (Å²) in [5, 5.41) is 0.697. The molecule has 0 saturated carbocycles. The number of ketones is 1. The zero-order valence-corrected chi connectivity index (χ0v) is 11.0. The third kappa shape index (κ3) is 3.21. The van der Waals surface area contributed by atoms with Crippen molar-refractivity contribution in [2.45, 2.75) is 19.3 Å². The fourth-order valence-corrected chi connectivity index (χ4v) is 2.01. The lowest BCUT2D eigenvalue weighted by Crippen LogP contribution is -2.11. The van der Waals surface area contributed by atoms with Gasteiger partial charge in [-0.3, -0.25) is 4.79 Å². The molecule has 0 amide bonds. The lowest BCUT2D eigenvalue weighted by Gasteiger charge is -2.10. The molecule has 0 aliphatic heterocycles. The third-order valence-corrected chi connectivity index (χ3v) is 3.33. The van der Waals surface area contributed by atoms with Crippen LogP contribution in [0.1, 0.15) is 24.0 Å². The van der Waals surface area contributed by atoms with Crippen LogP contribution < -0.4 is 0 Å². The van der Waals surface area contributed by atoms with Crippen LogP contribution in [-0.2, 0) is 11.2 Å². The number of Topliss-reactive ketones (excluding diaryl/α,β-unsaturated/α-hetero) is 1. The summed E-state index contributed by atoms with van der Waals surface area (Å²) in [4.78, 5) is 12.2. The zero-order chi connectivity index (χ0) is 13.0. The molecule has 1 atom stereocenters. The van der Waals surface area contributed by atoms with E-state index in [0.29, 0.717) is 11.4 Å². The lowest BCUT2D eigenvalue weighted by molar-refractivity contribution is -0.119. The third-order valence-electron chi connectivity index (χ3n) is 3.07. The van der Waals surface area contributed by atoms with Crippen molar-refractivity contribution >= 4 is 17.4 Å². The van der Waals surface area contributed by atoms with Crippen LogP contribution in [0.25, 0.3) is 0 Å². The molecule has 0 fully saturated rings. The van der Waals surface area contributed by atoms with Gasteiger partial charge in [-0.25, -0.2) is 0 Å². The Hall–Kier alpha value is -1.60. The Morgan fingerprint density at radius 2 is 1.67 bits per heavy atom. The van der Waals surface area contributed by atoms with E-state index >= 15 is 0 Å². The molecule has 2 rings (SSSR count). The molecule has 0 aliphatic rings. The normalized spacial score (nSPS) is 12.1. The molecule has 0 spiro atoms.